The number of benzene rings is 2. The van der Waals surface area contributed by atoms with Crippen molar-refractivity contribution in [1.82, 2.24) is 4.98 Å². The second kappa shape index (κ2) is 5.29. The number of nitrogens with zero attached hydrogens (tertiary/aromatic N) is 1. The van der Waals surface area contributed by atoms with E-state index in [2.05, 4.69) is 88.1 Å². The first-order valence-corrected chi connectivity index (χ1v) is 8.99. The summed E-state index contributed by atoms with van der Waals surface area (Å²) in [5.74, 6) is 0. The summed E-state index contributed by atoms with van der Waals surface area (Å²) in [4.78, 5) is 4.49. The third-order valence-electron chi connectivity index (χ3n) is 5.52. The van der Waals surface area contributed by atoms with Crippen LogP contribution in [-0.4, -0.2) is 4.98 Å². The molecule has 126 valence electrons. The van der Waals surface area contributed by atoms with E-state index in [0.717, 1.165) is 0 Å². The summed E-state index contributed by atoms with van der Waals surface area (Å²) in [6.45, 7) is 11.3. The SMILES string of the molecule is CC(C)(C)c1cncc(-c2ccc3c(c2)-c2ccccc2C3(C)C)c1. The van der Waals surface area contributed by atoms with Gasteiger partial charge in [0.1, 0.15) is 0 Å². The quantitative estimate of drug-likeness (QED) is 0.507. The molecule has 0 N–H and O–H groups in total. The standard InChI is InChI=1S/C24H25N/c1-23(2,3)18-12-17(14-25-15-18)16-10-11-22-20(13-16)19-8-6-7-9-21(19)24(22,4)5/h6-15H,1-5H3. The maximum Gasteiger partial charge on any atom is 0.0346 e. The molecule has 0 atom stereocenters. The molecule has 1 aliphatic rings. The molecule has 1 nitrogen and oxygen atoms in total. The van der Waals surface area contributed by atoms with E-state index in [1.54, 1.807) is 0 Å². The summed E-state index contributed by atoms with van der Waals surface area (Å²) in [5.41, 5.74) is 9.43. The fraction of sp³-hybridized carbons (Fsp3) is 0.292. The van der Waals surface area contributed by atoms with Crippen LogP contribution in [0.1, 0.15) is 51.3 Å². The van der Waals surface area contributed by atoms with Crippen molar-refractivity contribution in [2.75, 3.05) is 0 Å². The Labute approximate surface area is 150 Å². The second-order valence-electron chi connectivity index (χ2n) is 8.64. The van der Waals surface area contributed by atoms with Crippen molar-refractivity contribution in [1.29, 1.82) is 0 Å². The molecule has 0 saturated heterocycles. The summed E-state index contributed by atoms with van der Waals surface area (Å²) in [6, 6.07) is 18.0. The smallest absolute Gasteiger partial charge is 0.0346 e. The van der Waals surface area contributed by atoms with Crippen LogP contribution in [0.5, 0.6) is 0 Å². The van der Waals surface area contributed by atoms with Crippen LogP contribution in [-0.2, 0) is 10.8 Å². The lowest BCUT2D eigenvalue weighted by Gasteiger charge is -2.21. The monoisotopic (exact) mass is 327 g/mol. The molecule has 1 aromatic heterocycles. The average Bonchev–Trinajstić information content (AvgIpc) is 2.82. The van der Waals surface area contributed by atoms with E-state index in [0.29, 0.717) is 0 Å². The van der Waals surface area contributed by atoms with Crippen LogP contribution in [0.4, 0.5) is 0 Å². The lowest BCUT2D eigenvalue weighted by Crippen LogP contribution is -2.14. The van der Waals surface area contributed by atoms with Gasteiger partial charge in [-0.15, -0.1) is 0 Å². The molecule has 0 aliphatic heterocycles. The molecular formula is C24H25N. The summed E-state index contributed by atoms with van der Waals surface area (Å²) < 4.78 is 0. The highest BCUT2D eigenvalue weighted by atomic mass is 14.6. The van der Waals surface area contributed by atoms with Crippen LogP contribution in [0.25, 0.3) is 22.3 Å². The van der Waals surface area contributed by atoms with Crippen LogP contribution < -0.4 is 0 Å². The van der Waals surface area contributed by atoms with E-state index in [1.165, 1.54) is 38.9 Å². The zero-order valence-corrected chi connectivity index (χ0v) is 15.7. The zero-order chi connectivity index (χ0) is 17.8. The van der Waals surface area contributed by atoms with Crippen LogP contribution >= 0.6 is 0 Å². The molecule has 0 fully saturated rings. The Kier molecular flexibility index (Phi) is 3.40. The van der Waals surface area contributed by atoms with Gasteiger partial charge in [-0.05, 0) is 50.9 Å². The molecule has 0 bridgehead atoms. The highest BCUT2D eigenvalue weighted by Gasteiger charge is 2.35. The minimum absolute atomic E-state index is 0.0654. The lowest BCUT2D eigenvalue weighted by atomic mass is 9.82. The van der Waals surface area contributed by atoms with Crippen molar-refractivity contribution in [3.63, 3.8) is 0 Å². The van der Waals surface area contributed by atoms with Crippen molar-refractivity contribution in [2.24, 2.45) is 0 Å². The van der Waals surface area contributed by atoms with Crippen LogP contribution in [0, 0.1) is 0 Å². The first-order chi connectivity index (χ1) is 11.8. The Morgan fingerprint density at radius 1 is 0.760 bits per heavy atom. The predicted molar refractivity (Wildman–Crippen MR) is 106 cm³/mol. The Hall–Kier alpha value is -2.41. The Morgan fingerprint density at radius 2 is 1.48 bits per heavy atom. The highest BCUT2D eigenvalue weighted by molar-refractivity contribution is 5.84. The van der Waals surface area contributed by atoms with Crippen molar-refractivity contribution >= 4 is 0 Å². The average molecular weight is 327 g/mol. The lowest BCUT2D eigenvalue weighted by molar-refractivity contribution is 0.588. The molecular weight excluding hydrogens is 302 g/mol. The molecule has 0 radical (unpaired) electrons. The Morgan fingerprint density at radius 3 is 2.24 bits per heavy atom. The molecule has 1 heterocycles. The number of hydrogen-bond acceptors (Lipinski definition) is 1. The van der Waals surface area contributed by atoms with E-state index in [-0.39, 0.29) is 10.8 Å². The molecule has 3 aromatic rings. The molecule has 1 aliphatic carbocycles. The van der Waals surface area contributed by atoms with E-state index in [4.69, 9.17) is 0 Å². The maximum atomic E-state index is 4.49. The molecule has 2 aromatic carbocycles. The number of rotatable bonds is 1. The number of pyridine rings is 1. The van der Waals surface area contributed by atoms with Gasteiger partial charge in [0.05, 0.1) is 0 Å². The van der Waals surface area contributed by atoms with Crippen LogP contribution in [0.15, 0.2) is 60.9 Å². The number of fused-ring (bicyclic) bond motifs is 3. The van der Waals surface area contributed by atoms with Crippen molar-refractivity contribution < 1.29 is 0 Å². The van der Waals surface area contributed by atoms with Gasteiger partial charge in [-0.3, -0.25) is 4.98 Å². The summed E-state index contributed by atoms with van der Waals surface area (Å²) >= 11 is 0. The zero-order valence-electron chi connectivity index (χ0n) is 15.7. The maximum absolute atomic E-state index is 4.49. The fourth-order valence-electron chi connectivity index (χ4n) is 3.91. The van der Waals surface area contributed by atoms with Gasteiger partial charge < -0.3 is 0 Å². The highest BCUT2D eigenvalue weighted by Crippen LogP contribution is 2.49. The summed E-state index contributed by atoms with van der Waals surface area (Å²) in [7, 11) is 0. The van der Waals surface area contributed by atoms with E-state index < -0.39 is 0 Å². The third-order valence-corrected chi connectivity index (χ3v) is 5.52. The molecule has 25 heavy (non-hydrogen) atoms. The topological polar surface area (TPSA) is 12.9 Å². The molecule has 0 amide bonds. The van der Waals surface area contributed by atoms with Gasteiger partial charge in [-0.2, -0.15) is 0 Å². The number of hydrogen-bond donors (Lipinski definition) is 0. The molecule has 0 saturated carbocycles. The molecule has 1 heteroatoms. The van der Waals surface area contributed by atoms with E-state index in [9.17, 15) is 0 Å². The predicted octanol–water partition coefficient (Wildman–Crippen LogP) is 6.35. The van der Waals surface area contributed by atoms with Crippen molar-refractivity contribution in [3.05, 3.63) is 77.6 Å². The Balaban J connectivity index is 1.88. The minimum atomic E-state index is 0.0654. The van der Waals surface area contributed by atoms with Gasteiger partial charge in [0.15, 0.2) is 0 Å². The summed E-state index contributed by atoms with van der Waals surface area (Å²) in [5, 5.41) is 0. The molecule has 0 unspecified atom stereocenters. The van der Waals surface area contributed by atoms with Gasteiger partial charge in [-0.1, -0.05) is 71.0 Å². The largest absolute Gasteiger partial charge is 0.264 e. The van der Waals surface area contributed by atoms with E-state index >= 15 is 0 Å². The van der Waals surface area contributed by atoms with Crippen molar-refractivity contribution in [2.45, 2.75) is 45.4 Å². The van der Waals surface area contributed by atoms with Crippen LogP contribution in [0.2, 0.25) is 0 Å². The van der Waals surface area contributed by atoms with Gasteiger partial charge in [0, 0.05) is 23.4 Å². The first kappa shape index (κ1) is 16.1. The van der Waals surface area contributed by atoms with Crippen molar-refractivity contribution in [3.8, 4) is 22.3 Å². The minimum Gasteiger partial charge on any atom is -0.264 e. The third kappa shape index (κ3) is 2.50. The van der Waals surface area contributed by atoms with Gasteiger partial charge in [0.25, 0.3) is 0 Å². The number of aromatic nitrogens is 1. The van der Waals surface area contributed by atoms with Gasteiger partial charge in [-0.25, -0.2) is 0 Å². The van der Waals surface area contributed by atoms with Gasteiger partial charge in [0.2, 0.25) is 0 Å². The molecule has 4 rings (SSSR count). The van der Waals surface area contributed by atoms with E-state index in [1.807, 2.05) is 12.4 Å². The molecule has 0 spiro atoms. The first-order valence-electron chi connectivity index (χ1n) is 8.99. The second-order valence-corrected chi connectivity index (χ2v) is 8.64. The fourth-order valence-corrected chi connectivity index (χ4v) is 3.91. The summed E-state index contributed by atoms with van der Waals surface area (Å²) in [6.07, 6.45) is 3.96. The Bertz CT molecular complexity index is 958. The van der Waals surface area contributed by atoms with Crippen LogP contribution in [0.3, 0.4) is 0 Å². The normalized spacial score (nSPS) is 14.9. The van der Waals surface area contributed by atoms with Gasteiger partial charge >= 0.3 is 0 Å².